The standard InChI is InChI=1S/C12H10BrNOS/c1-8(14-15)11-5-6-12(16-11)9-3-2-4-10(13)7-9/h2-7,15H,1H3/b14-8-. The van der Waals surface area contributed by atoms with E-state index in [2.05, 4.69) is 33.2 Å². The Balaban J connectivity index is 2.39. The lowest BCUT2D eigenvalue weighted by molar-refractivity contribution is 0.319. The van der Waals surface area contributed by atoms with Gasteiger partial charge >= 0.3 is 0 Å². The molecule has 0 aliphatic rings. The van der Waals surface area contributed by atoms with Crippen LogP contribution in [-0.4, -0.2) is 10.9 Å². The second-order valence-electron chi connectivity index (χ2n) is 3.36. The van der Waals surface area contributed by atoms with Gasteiger partial charge in [-0.1, -0.05) is 33.2 Å². The van der Waals surface area contributed by atoms with Crippen LogP contribution in [0.15, 0.2) is 46.0 Å². The molecule has 0 spiro atoms. The third-order valence-electron chi connectivity index (χ3n) is 2.22. The molecule has 2 aromatic rings. The van der Waals surface area contributed by atoms with Crippen molar-refractivity contribution in [2.45, 2.75) is 6.92 Å². The molecule has 0 amide bonds. The Bertz CT molecular complexity index is 533. The highest BCUT2D eigenvalue weighted by Crippen LogP contribution is 2.30. The lowest BCUT2D eigenvalue weighted by Gasteiger charge is -1.97. The van der Waals surface area contributed by atoms with E-state index in [4.69, 9.17) is 5.21 Å². The summed E-state index contributed by atoms with van der Waals surface area (Å²) in [6, 6.07) is 12.1. The lowest BCUT2D eigenvalue weighted by atomic mass is 10.2. The summed E-state index contributed by atoms with van der Waals surface area (Å²) in [5, 5.41) is 11.9. The Morgan fingerprint density at radius 2 is 2.12 bits per heavy atom. The molecule has 0 fully saturated rings. The Hall–Kier alpha value is -1.13. The minimum atomic E-state index is 0.645. The summed E-state index contributed by atoms with van der Waals surface area (Å²) in [6.45, 7) is 1.79. The minimum absolute atomic E-state index is 0.645. The van der Waals surface area contributed by atoms with Gasteiger partial charge in [-0.2, -0.15) is 0 Å². The van der Waals surface area contributed by atoms with Crippen LogP contribution >= 0.6 is 27.3 Å². The van der Waals surface area contributed by atoms with Gasteiger partial charge < -0.3 is 5.21 Å². The van der Waals surface area contributed by atoms with Crippen molar-refractivity contribution in [2.75, 3.05) is 0 Å². The summed E-state index contributed by atoms with van der Waals surface area (Å²) in [5.74, 6) is 0. The van der Waals surface area contributed by atoms with E-state index >= 15 is 0 Å². The van der Waals surface area contributed by atoms with Crippen LogP contribution in [0.5, 0.6) is 0 Å². The Morgan fingerprint density at radius 3 is 2.81 bits per heavy atom. The van der Waals surface area contributed by atoms with E-state index in [1.54, 1.807) is 18.3 Å². The molecule has 2 rings (SSSR count). The summed E-state index contributed by atoms with van der Waals surface area (Å²) in [7, 11) is 0. The first-order valence-corrected chi connectivity index (χ1v) is 6.36. The van der Waals surface area contributed by atoms with Crippen LogP contribution in [0.1, 0.15) is 11.8 Å². The Labute approximate surface area is 106 Å². The summed E-state index contributed by atoms with van der Waals surface area (Å²) in [4.78, 5) is 2.15. The summed E-state index contributed by atoms with van der Waals surface area (Å²) >= 11 is 5.07. The smallest absolute Gasteiger partial charge is 0.0936 e. The van der Waals surface area contributed by atoms with E-state index < -0.39 is 0 Å². The second-order valence-corrected chi connectivity index (χ2v) is 5.36. The molecule has 0 bridgehead atoms. The molecule has 1 aromatic carbocycles. The topological polar surface area (TPSA) is 32.6 Å². The fourth-order valence-corrected chi connectivity index (χ4v) is 2.72. The van der Waals surface area contributed by atoms with E-state index in [0.717, 1.165) is 14.9 Å². The fraction of sp³-hybridized carbons (Fsp3) is 0.0833. The molecule has 0 unspecified atom stereocenters. The molecular weight excluding hydrogens is 286 g/mol. The van der Waals surface area contributed by atoms with E-state index in [-0.39, 0.29) is 0 Å². The number of benzene rings is 1. The maximum atomic E-state index is 8.70. The first-order chi connectivity index (χ1) is 7.70. The maximum absolute atomic E-state index is 8.70. The van der Waals surface area contributed by atoms with Crippen molar-refractivity contribution >= 4 is 33.0 Å². The average Bonchev–Trinajstić information content (AvgIpc) is 2.77. The fourth-order valence-electron chi connectivity index (χ4n) is 1.38. The zero-order valence-corrected chi connectivity index (χ0v) is 11.0. The number of rotatable bonds is 2. The van der Waals surface area contributed by atoms with Gasteiger partial charge in [-0.05, 0) is 36.8 Å². The number of nitrogens with zero attached hydrogens (tertiary/aromatic N) is 1. The molecule has 1 heterocycles. The summed E-state index contributed by atoms with van der Waals surface area (Å²) < 4.78 is 1.06. The highest BCUT2D eigenvalue weighted by molar-refractivity contribution is 9.10. The molecular formula is C12H10BrNOS. The van der Waals surface area contributed by atoms with Crippen molar-refractivity contribution < 1.29 is 5.21 Å². The third kappa shape index (κ3) is 2.33. The van der Waals surface area contributed by atoms with Crippen LogP contribution in [0.4, 0.5) is 0 Å². The van der Waals surface area contributed by atoms with Gasteiger partial charge in [0.1, 0.15) is 0 Å². The molecule has 4 heteroatoms. The summed E-state index contributed by atoms with van der Waals surface area (Å²) in [5.41, 5.74) is 1.81. The number of hydrogen-bond donors (Lipinski definition) is 1. The molecule has 1 aromatic heterocycles. The minimum Gasteiger partial charge on any atom is -0.411 e. The monoisotopic (exact) mass is 295 g/mol. The number of halogens is 1. The number of oxime groups is 1. The van der Waals surface area contributed by atoms with Gasteiger partial charge in [-0.3, -0.25) is 0 Å². The van der Waals surface area contributed by atoms with Gasteiger partial charge in [0.2, 0.25) is 0 Å². The Kier molecular flexibility index (Phi) is 3.41. The van der Waals surface area contributed by atoms with Gasteiger partial charge in [0.15, 0.2) is 0 Å². The van der Waals surface area contributed by atoms with Gasteiger partial charge in [0, 0.05) is 9.35 Å². The quantitative estimate of drug-likeness (QED) is 0.498. The van der Waals surface area contributed by atoms with E-state index in [1.807, 2.05) is 24.3 Å². The molecule has 0 saturated carbocycles. The molecule has 0 aliphatic heterocycles. The van der Waals surface area contributed by atoms with Crippen LogP contribution in [0.2, 0.25) is 0 Å². The van der Waals surface area contributed by atoms with Gasteiger partial charge in [0.25, 0.3) is 0 Å². The van der Waals surface area contributed by atoms with Gasteiger partial charge in [0.05, 0.1) is 10.6 Å². The molecule has 0 saturated heterocycles. The predicted octanol–water partition coefficient (Wildman–Crippen LogP) is 4.38. The highest BCUT2D eigenvalue weighted by atomic mass is 79.9. The third-order valence-corrected chi connectivity index (χ3v) is 3.96. The van der Waals surface area contributed by atoms with Crippen molar-refractivity contribution in [1.82, 2.24) is 0 Å². The zero-order chi connectivity index (χ0) is 11.5. The zero-order valence-electron chi connectivity index (χ0n) is 8.64. The highest BCUT2D eigenvalue weighted by Gasteiger charge is 2.05. The summed E-state index contributed by atoms with van der Waals surface area (Å²) in [6.07, 6.45) is 0. The van der Waals surface area contributed by atoms with Gasteiger partial charge in [-0.15, -0.1) is 11.3 Å². The molecule has 1 N–H and O–H groups in total. The number of hydrogen-bond acceptors (Lipinski definition) is 3. The lowest BCUT2D eigenvalue weighted by Crippen LogP contribution is -1.87. The normalized spacial score (nSPS) is 11.8. The van der Waals surface area contributed by atoms with Crippen molar-refractivity contribution in [3.8, 4) is 10.4 Å². The van der Waals surface area contributed by atoms with Crippen molar-refractivity contribution in [1.29, 1.82) is 0 Å². The maximum Gasteiger partial charge on any atom is 0.0936 e. The largest absolute Gasteiger partial charge is 0.411 e. The van der Waals surface area contributed by atoms with Crippen LogP contribution < -0.4 is 0 Å². The first kappa shape index (κ1) is 11.4. The van der Waals surface area contributed by atoms with E-state index in [9.17, 15) is 0 Å². The van der Waals surface area contributed by atoms with E-state index in [0.29, 0.717) is 5.71 Å². The predicted molar refractivity (Wildman–Crippen MR) is 71.5 cm³/mol. The average molecular weight is 296 g/mol. The Morgan fingerprint density at radius 1 is 1.31 bits per heavy atom. The first-order valence-electron chi connectivity index (χ1n) is 4.75. The second kappa shape index (κ2) is 4.80. The molecule has 0 atom stereocenters. The van der Waals surface area contributed by atoms with Crippen LogP contribution in [0, 0.1) is 0 Å². The molecule has 16 heavy (non-hydrogen) atoms. The molecule has 0 radical (unpaired) electrons. The molecule has 0 aliphatic carbocycles. The van der Waals surface area contributed by atoms with Crippen LogP contribution in [0.3, 0.4) is 0 Å². The van der Waals surface area contributed by atoms with Crippen molar-refractivity contribution in [2.24, 2.45) is 5.16 Å². The van der Waals surface area contributed by atoms with Crippen LogP contribution in [-0.2, 0) is 0 Å². The van der Waals surface area contributed by atoms with Crippen molar-refractivity contribution in [3.63, 3.8) is 0 Å². The van der Waals surface area contributed by atoms with Crippen molar-refractivity contribution in [3.05, 3.63) is 45.7 Å². The van der Waals surface area contributed by atoms with Gasteiger partial charge in [-0.25, -0.2) is 0 Å². The van der Waals surface area contributed by atoms with Crippen LogP contribution in [0.25, 0.3) is 10.4 Å². The molecule has 2 nitrogen and oxygen atoms in total. The molecule has 82 valence electrons. The SMILES string of the molecule is C/C(=N/O)c1ccc(-c2cccc(Br)c2)s1. The van der Waals surface area contributed by atoms with E-state index in [1.165, 1.54) is 4.88 Å². The number of thiophene rings is 1.